The lowest BCUT2D eigenvalue weighted by atomic mass is 10.2. The average Bonchev–Trinajstić information content (AvgIpc) is 2.62. The molecule has 1 heterocycles. The van der Waals surface area contributed by atoms with Crippen LogP contribution in [0.1, 0.15) is 12.8 Å². The van der Waals surface area contributed by atoms with Crippen molar-refractivity contribution in [1.29, 1.82) is 0 Å². The number of nitrogens with one attached hydrogen (secondary N) is 1. The fourth-order valence-corrected chi connectivity index (χ4v) is 6.51. The first-order chi connectivity index (χ1) is 12.1. The lowest BCUT2D eigenvalue weighted by Crippen LogP contribution is -2.37. The number of hydrogen-bond acceptors (Lipinski definition) is 5. The van der Waals surface area contributed by atoms with Crippen LogP contribution in [0.25, 0.3) is 0 Å². The largest absolute Gasteiger partial charge is 0.497 e. The van der Waals surface area contributed by atoms with Crippen LogP contribution in [-0.4, -0.2) is 33.7 Å². The van der Waals surface area contributed by atoms with E-state index in [2.05, 4.69) is 5.32 Å². The summed E-state index contributed by atoms with van der Waals surface area (Å²) in [5, 5.41) is 3.08. The first-order valence-corrected chi connectivity index (χ1v) is 10.5. The molecule has 0 saturated carbocycles. The second-order valence-electron chi connectivity index (χ2n) is 5.77. The number of halogens is 1. The molecule has 0 bridgehead atoms. The molecule has 0 fully saturated rings. The molecule has 2 aromatic carbocycles. The standard InChI is InChI=1S/C18H22N2O3S2.ClH/c1-19-13-5-8-18-24-17-7-4-3-6-16(17)20(25(18,21)22)14-9-11-15(23-2)12-10-14;/h3-4,6-7,9-12,18-19H,5,8,13H2,1-2H3;1H. The van der Waals surface area contributed by atoms with Gasteiger partial charge in [-0.15, -0.1) is 24.2 Å². The van der Waals surface area contributed by atoms with E-state index in [1.54, 1.807) is 31.4 Å². The maximum absolute atomic E-state index is 13.3. The SMILES string of the molecule is CNCCCC1Sc2ccccc2N(c2ccc(OC)cc2)S1(=O)=O.Cl. The van der Waals surface area contributed by atoms with E-state index in [0.29, 0.717) is 23.5 Å². The summed E-state index contributed by atoms with van der Waals surface area (Å²) in [5.74, 6) is 0.700. The summed E-state index contributed by atoms with van der Waals surface area (Å²) in [6, 6.07) is 14.8. The van der Waals surface area contributed by atoms with Crippen molar-refractivity contribution in [3.8, 4) is 5.75 Å². The molecule has 142 valence electrons. The third-order valence-electron chi connectivity index (χ3n) is 4.10. The van der Waals surface area contributed by atoms with E-state index < -0.39 is 14.6 Å². The number of fused-ring (bicyclic) bond motifs is 1. The van der Waals surface area contributed by atoms with E-state index in [-0.39, 0.29) is 12.4 Å². The van der Waals surface area contributed by atoms with Crippen LogP contribution in [0, 0.1) is 0 Å². The maximum Gasteiger partial charge on any atom is 0.252 e. The van der Waals surface area contributed by atoms with E-state index >= 15 is 0 Å². The van der Waals surface area contributed by atoms with E-state index in [9.17, 15) is 8.42 Å². The number of para-hydroxylation sites is 1. The highest BCUT2D eigenvalue weighted by atomic mass is 35.5. The number of anilines is 2. The minimum Gasteiger partial charge on any atom is -0.497 e. The molecule has 2 aromatic rings. The van der Waals surface area contributed by atoms with Gasteiger partial charge in [-0.3, -0.25) is 0 Å². The number of methoxy groups -OCH3 is 1. The molecule has 8 heteroatoms. The molecule has 0 radical (unpaired) electrons. The average molecular weight is 415 g/mol. The predicted molar refractivity (Wildman–Crippen MR) is 111 cm³/mol. The van der Waals surface area contributed by atoms with Crippen LogP contribution in [0.3, 0.4) is 0 Å². The van der Waals surface area contributed by atoms with E-state index in [4.69, 9.17) is 4.74 Å². The van der Waals surface area contributed by atoms with Crippen molar-refractivity contribution in [2.45, 2.75) is 22.3 Å². The first kappa shape index (κ1) is 20.9. The number of thioether (sulfide) groups is 1. The smallest absolute Gasteiger partial charge is 0.252 e. The molecular formula is C18H23ClN2O3S2. The molecular weight excluding hydrogens is 392 g/mol. The van der Waals surface area contributed by atoms with Gasteiger partial charge in [0, 0.05) is 4.90 Å². The van der Waals surface area contributed by atoms with Gasteiger partial charge in [-0.05, 0) is 62.8 Å². The highest BCUT2D eigenvalue weighted by Gasteiger charge is 2.39. The normalized spacial score (nSPS) is 17.9. The van der Waals surface area contributed by atoms with Crippen LogP contribution >= 0.6 is 24.2 Å². The van der Waals surface area contributed by atoms with Crippen LogP contribution in [0.15, 0.2) is 53.4 Å². The topological polar surface area (TPSA) is 58.6 Å². The Bertz CT molecular complexity index is 829. The van der Waals surface area contributed by atoms with Crippen molar-refractivity contribution in [3.05, 3.63) is 48.5 Å². The zero-order valence-corrected chi connectivity index (χ0v) is 17.2. The van der Waals surface area contributed by atoms with Gasteiger partial charge in [-0.2, -0.15) is 0 Å². The molecule has 1 atom stereocenters. The number of rotatable bonds is 6. The van der Waals surface area contributed by atoms with Crippen LogP contribution in [-0.2, 0) is 10.0 Å². The fraction of sp³-hybridized carbons (Fsp3) is 0.333. The van der Waals surface area contributed by atoms with Crippen molar-refractivity contribution in [2.75, 3.05) is 25.0 Å². The lowest BCUT2D eigenvalue weighted by Gasteiger charge is -2.35. The molecule has 0 spiro atoms. The summed E-state index contributed by atoms with van der Waals surface area (Å²) >= 11 is 1.44. The van der Waals surface area contributed by atoms with Crippen LogP contribution in [0.4, 0.5) is 11.4 Å². The maximum atomic E-state index is 13.3. The molecule has 1 aliphatic rings. The second-order valence-corrected chi connectivity index (χ2v) is 9.28. The predicted octanol–water partition coefficient (Wildman–Crippen LogP) is 4.02. The molecule has 1 N–H and O–H groups in total. The van der Waals surface area contributed by atoms with Gasteiger partial charge in [0.2, 0.25) is 0 Å². The van der Waals surface area contributed by atoms with Crippen molar-refractivity contribution in [3.63, 3.8) is 0 Å². The molecule has 0 aliphatic carbocycles. The molecule has 0 aromatic heterocycles. The molecule has 0 amide bonds. The third kappa shape index (κ3) is 4.11. The summed E-state index contributed by atoms with van der Waals surface area (Å²) in [7, 11) is -0.0330. The van der Waals surface area contributed by atoms with Crippen molar-refractivity contribution in [2.24, 2.45) is 0 Å². The lowest BCUT2D eigenvalue weighted by molar-refractivity contribution is 0.415. The fourth-order valence-electron chi connectivity index (χ4n) is 2.84. The summed E-state index contributed by atoms with van der Waals surface area (Å²) in [6.07, 6.45) is 1.42. The molecule has 1 aliphatic heterocycles. The highest BCUT2D eigenvalue weighted by Crippen LogP contribution is 2.47. The Hall–Kier alpha value is -1.41. The van der Waals surface area contributed by atoms with E-state index in [0.717, 1.165) is 17.9 Å². The third-order valence-corrected chi connectivity index (χ3v) is 8.04. The molecule has 3 rings (SSSR count). The number of benzene rings is 2. The van der Waals surface area contributed by atoms with E-state index in [1.165, 1.54) is 16.1 Å². The van der Waals surface area contributed by atoms with Gasteiger partial charge in [-0.25, -0.2) is 12.7 Å². The van der Waals surface area contributed by atoms with Gasteiger partial charge >= 0.3 is 0 Å². The Balaban J connectivity index is 0.00000243. The number of nitrogens with zero attached hydrogens (tertiary/aromatic N) is 1. The summed E-state index contributed by atoms with van der Waals surface area (Å²) in [5.41, 5.74) is 1.34. The molecule has 5 nitrogen and oxygen atoms in total. The minimum absolute atomic E-state index is 0. The molecule has 0 saturated heterocycles. The van der Waals surface area contributed by atoms with Crippen molar-refractivity contribution < 1.29 is 13.2 Å². The van der Waals surface area contributed by atoms with E-state index in [1.807, 2.05) is 31.3 Å². The van der Waals surface area contributed by atoms with Crippen molar-refractivity contribution >= 4 is 45.6 Å². The molecule has 1 unspecified atom stereocenters. The number of hydrogen-bond donors (Lipinski definition) is 1. The van der Waals surface area contributed by atoms with Crippen LogP contribution in [0.2, 0.25) is 0 Å². The number of ether oxygens (including phenoxy) is 1. The second kappa shape index (κ2) is 8.99. The van der Waals surface area contributed by atoms with Gasteiger partial charge in [0.15, 0.2) is 0 Å². The Morgan fingerprint density at radius 1 is 1.15 bits per heavy atom. The minimum atomic E-state index is -3.50. The Kier molecular flexibility index (Phi) is 7.23. The Morgan fingerprint density at radius 3 is 2.50 bits per heavy atom. The van der Waals surface area contributed by atoms with Gasteiger partial charge < -0.3 is 10.1 Å². The summed E-state index contributed by atoms with van der Waals surface area (Å²) in [4.78, 5) is 0.989. The Labute approximate surface area is 165 Å². The van der Waals surface area contributed by atoms with Crippen LogP contribution in [0.5, 0.6) is 5.75 Å². The monoisotopic (exact) mass is 414 g/mol. The van der Waals surface area contributed by atoms with Crippen molar-refractivity contribution in [1.82, 2.24) is 5.32 Å². The quantitative estimate of drug-likeness (QED) is 0.723. The first-order valence-electron chi connectivity index (χ1n) is 8.16. The summed E-state index contributed by atoms with van der Waals surface area (Å²) < 4.78 is 32.7. The zero-order chi connectivity index (χ0) is 17.9. The van der Waals surface area contributed by atoms with Crippen LogP contribution < -0.4 is 14.4 Å². The zero-order valence-electron chi connectivity index (χ0n) is 14.7. The highest BCUT2D eigenvalue weighted by molar-refractivity contribution is 8.14. The number of sulfonamides is 1. The van der Waals surface area contributed by atoms with Gasteiger partial charge in [0.1, 0.15) is 10.3 Å². The molecule has 26 heavy (non-hydrogen) atoms. The Morgan fingerprint density at radius 2 is 1.85 bits per heavy atom. The van der Waals surface area contributed by atoms with Gasteiger partial charge in [0.05, 0.1) is 18.5 Å². The van der Waals surface area contributed by atoms with Gasteiger partial charge in [0.25, 0.3) is 10.0 Å². The van der Waals surface area contributed by atoms with Gasteiger partial charge in [-0.1, -0.05) is 12.1 Å². The summed E-state index contributed by atoms with van der Waals surface area (Å²) in [6.45, 7) is 0.802.